The Hall–Kier alpha value is -2.31. The zero-order valence-electron chi connectivity index (χ0n) is 14.1. The quantitative estimate of drug-likeness (QED) is 0.449. The maximum atomic E-state index is 12.5. The second-order valence-electron chi connectivity index (χ2n) is 5.51. The van der Waals surface area contributed by atoms with Gasteiger partial charge in [0, 0.05) is 23.6 Å². The van der Waals surface area contributed by atoms with Gasteiger partial charge in [-0.05, 0) is 49.4 Å². The molecule has 6 heteroatoms. The lowest BCUT2D eigenvalue weighted by atomic mass is 10.2. The third-order valence-electron chi connectivity index (χ3n) is 3.90. The summed E-state index contributed by atoms with van der Waals surface area (Å²) < 4.78 is 7.88. The van der Waals surface area contributed by atoms with E-state index in [1.54, 1.807) is 18.1 Å². The number of ether oxygens (including phenoxy) is 1. The van der Waals surface area contributed by atoms with Crippen molar-refractivity contribution in [1.29, 1.82) is 0 Å². The second kappa shape index (κ2) is 7.29. The predicted octanol–water partition coefficient (Wildman–Crippen LogP) is 4.18. The van der Waals surface area contributed by atoms with Crippen molar-refractivity contribution in [3.8, 4) is 11.4 Å². The number of thiocarbonyl (C=S) groups is 1. The van der Waals surface area contributed by atoms with Gasteiger partial charge in [0.15, 0.2) is 0 Å². The van der Waals surface area contributed by atoms with Crippen LogP contribution in [0.1, 0.15) is 11.4 Å². The van der Waals surface area contributed by atoms with Crippen molar-refractivity contribution in [2.75, 3.05) is 13.7 Å². The van der Waals surface area contributed by atoms with E-state index in [0.29, 0.717) is 15.8 Å². The van der Waals surface area contributed by atoms with E-state index >= 15 is 0 Å². The third-order valence-corrected chi connectivity index (χ3v) is 5.28. The molecule has 2 aromatic rings. The van der Waals surface area contributed by atoms with E-state index in [-0.39, 0.29) is 5.91 Å². The van der Waals surface area contributed by atoms with Crippen molar-refractivity contribution < 1.29 is 9.53 Å². The Labute approximate surface area is 156 Å². The highest BCUT2D eigenvalue weighted by Crippen LogP contribution is 2.33. The molecule has 0 unspecified atom stereocenters. The molecule has 0 spiro atoms. The van der Waals surface area contributed by atoms with Crippen molar-refractivity contribution in [1.82, 2.24) is 9.47 Å². The Morgan fingerprint density at radius 3 is 2.60 bits per heavy atom. The number of carbonyl (C=O) groups excluding carboxylic acids is 1. The minimum absolute atomic E-state index is 0.0740. The van der Waals surface area contributed by atoms with Gasteiger partial charge in [0.05, 0.1) is 12.0 Å². The average molecular weight is 370 g/mol. The van der Waals surface area contributed by atoms with Crippen molar-refractivity contribution >= 4 is 40.3 Å². The van der Waals surface area contributed by atoms with Crippen molar-refractivity contribution in [2.24, 2.45) is 0 Å². The molecule has 1 fully saturated rings. The van der Waals surface area contributed by atoms with Gasteiger partial charge in [-0.1, -0.05) is 30.1 Å². The van der Waals surface area contributed by atoms with E-state index in [2.05, 4.69) is 11.1 Å². The molecule has 1 aromatic carbocycles. The molecule has 0 aliphatic carbocycles. The molecule has 128 valence electrons. The summed E-state index contributed by atoms with van der Waals surface area (Å²) in [6, 6.07) is 11.8. The van der Waals surface area contributed by atoms with Crippen LogP contribution in [0.2, 0.25) is 0 Å². The van der Waals surface area contributed by atoms with E-state index in [0.717, 1.165) is 22.8 Å². The Morgan fingerprint density at radius 1 is 1.24 bits per heavy atom. The Kier molecular flexibility index (Phi) is 5.11. The van der Waals surface area contributed by atoms with Crippen LogP contribution in [0.15, 0.2) is 54.0 Å². The molecule has 1 aliphatic rings. The fourth-order valence-electron chi connectivity index (χ4n) is 2.68. The first kappa shape index (κ1) is 17.5. The van der Waals surface area contributed by atoms with Gasteiger partial charge in [-0.3, -0.25) is 9.69 Å². The molecule has 25 heavy (non-hydrogen) atoms. The third kappa shape index (κ3) is 3.41. The summed E-state index contributed by atoms with van der Waals surface area (Å²) in [4.78, 5) is 14.7. The summed E-state index contributed by atoms with van der Waals surface area (Å²) in [5, 5.41) is 0. The van der Waals surface area contributed by atoms with Crippen LogP contribution in [0.25, 0.3) is 11.8 Å². The largest absolute Gasteiger partial charge is 0.497 e. The van der Waals surface area contributed by atoms with E-state index in [9.17, 15) is 4.79 Å². The van der Waals surface area contributed by atoms with Gasteiger partial charge in [0.1, 0.15) is 10.1 Å². The van der Waals surface area contributed by atoms with Crippen LogP contribution in [0.5, 0.6) is 5.75 Å². The zero-order chi connectivity index (χ0) is 18.0. The number of benzene rings is 1. The summed E-state index contributed by atoms with van der Waals surface area (Å²) in [6.45, 7) is 6.14. The number of aryl methyl sites for hydroxylation is 1. The molecule has 0 atom stereocenters. The van der Waals surface area contributed by atoms with Gasteiger partial charge < -0.3 is 9.30 Å². The highest BCUT2D eigenvalue weighted by molar-refractivity contribution is 8.26. The van der Waals surface area contributed by atoms with Crippen LogP contribution in [0.3, 0.4) is 0 Å². The highest BCUT2D eigenvalue weighted by Gasteiger charge is 2.31. The van der Waals surface area contributed by atoms with Crippen LogP contribution in [-0.2, 0) is 4.79 Å². The summed E-state index contributed by atoms with van der Waals surface area (Å²) in [7, 11) is 1.65. The molecule has 1 aromatic heterocycles. The molecule has 3 rings (SSSR count). The minimum atomic E-state index is -0.0740. The fourth-order valence-corrected chi connectivity index (χ4v) is 3.94. The van der Waals surface area contributed by atoms with Crippen LogP contribution < -0.4 is 4.74 Å². The Bertz CT molecular complexity index is 866. The van der Waals surface area contributed by atoms with Crippen molar-refractivity contribution in [3.05, 3.63) is 65.3 Å². The second-order valence-corrected chi connectivity index (χ2v) is 7.19. The number of aromatic nitrogens is 1. The predicted molar refractivity (Wildman–Crippen MR) is 107 cm³/mol. The molecule has 1 aliphatic heterocycles. The number of hydrogen-bond acceptors (Lipinski definition) is 4. The normalized spacial score (nSPS) is 15.9. The highest BCUT2D eigenvalue weighted by atomic mass is 32.2. The maximum absolute atomic E-state index is 12.5. The molecule has 0 saturated carbocycles. The summed E-state index contributed by atoms with van der Waals surface area (Å²) in [5.41, 5.74) is 3.02. The molecule has 2 heterocycles. The van der Waals surface area contributed by atoms with Crippen LogP contribution >= 0.6 is 24.0 Å². The number of amides is 1. The van der Waals surface area contributed by atoms with E-state index < -0.39 is 0 Å². The number of nitrogens with zero attached hydrogens (tertiary/aromatic N) is 2. The molecule has 0 radical (unpaired) electrons. The number of rotatable bonds is 5. The zero-order valence-corrected chi connectivity index (χ0v) is 15.7. The van der Waals surface area contributed by atoms with Gasteiger partial charge in [-0.15, -0.1) is 6.58 Å². The summed E-state index contributed by atoms with van der Waals surface area (Å²) in [6.07, 6.45) is 3.57. The fraction of sp³-hybridized carbons (Fsp3) is 0.158. The van der Waals surface area contributed by atoms with Gasteiger partial charge in [-0.2, -0.15) is 0 Å². The first-order chi connectivity index (χ1) is 12.0. The SMILES string of the molecule is C=CCN1C(=O)/C(=C/c2ccc(C)n2-c2ccc(OC)cc2)SC1=S. The van der Waals surface area contributed by atoms with Crippen LogP contribution in [-0.4, -0.2) is 33.3 Å². The topological polar surface area (TPSA) is 34.5 Å². The maximum Gasteiger partial charge on any atom is 0.266 e. The lowest BCUT2D eigenvalue weighted by Crippen LogP contribution is -2.27. The first-order valence-corrected chi connectivity index (χ1v) is 8.96. The van der Waals surface area contributed by atoms with Crippen LogP contribution in [0, 0.1) is 6.92 Å². The first-order valence-electron chi connectivity index (χ1n) is 7.74. The Balaban J connectivity index is 1.98. The summed E-state index contributed by atoms with van der Waals surface area (Å²) >= 11 is 6.62. The lowest BCUT2D eigenvalue weighted by molar-refractivity contribution is -0.121. The van der Waals surface area contributed by atoms with Gasteiger partial charge in [0.2, 0.25) is 0 Å². The summed E-state index contributed by atoms with van der Waals surface area (Å²) in [5.74, 6) is 0.732. The molecular weight excluding hydrogens is 352 g/mol. The monoisotopic (exact) mass is 370 g/mol. The molecule has 0 N–H and O–H groups in total. The number of hydrogen-bond donors (Lipinski definition) is 0. The van der Waals surface area contributed by atoms with E-state index in [4.69, 9.17) is 17.0 Å². The van der Waals surface area contributed by atoms with E-state index in [1.165, 1.54) is 11.8 Å². The van der Waals surface area contributed by atoms with Crippen LogP contribution in [0.4, 0.5) is 0 Å². The van der Waals surface area contributed by atoms with Gasteiger partial charge in [-0.25, -0.2) is 0 Å². The molecular formula is C19H18N2O2S2. The number of methoxy groups -OCH3 is 1. The van der Waals surface area contributed by atoms with Crippen molar-refractivity contribution in [2.45, 2.75) is 6.92 Å². The van der Waals surface area contributed by atoms with Gasteiger partial charge >= 0.3 is 0 Å². The standard InChI is InChI=1S/C19H18N2O2S2/c1-4-11-20-18(22)17(25-19(20)24)12-15-6-5-13(2)21(15)14-7-9-16(23-3)10-8-14/h4-10,12H,1,11H2,2-3H3/b17-12-. The van der Waals surface area contributed by atoms with E-state index in [1.807, 2.05) is 49.4 Å². The Morgan fingerprint density at radius 2 is 1.96 bits per heavy atom. The smallest absolute Gasteiger partial charge is 0.266 e. The molecule has 0 bridgehead atoms. The number of carbonyl (C=O) groups is 1. The average Bonchev–Trinajstić information content (AvgIpc) is 3.10. The molecule has 1 saturated heterocycles. The number of thioether (sulfide) groups is 1. The molecule has 1 amide bonds. The minimum Gasteiger partial charge on any atom is -0.497 e. The molecule has 4 nitrogen and oxygen atoms in total. The van der Waals surface area contributed by atoms with Crippen molar-refractivity contribution in [3.63, 3.8) is 0 Å². The van der Waals surface area contributed by atoms with Gasteiger partial charge in [0.25, 0.3) is 5.91 Å². The lowest BCUT2D eigenvalue weighted by Gasteiger charge is -2.11.